The number of aromatic nitrogens is 2. The Hall–Kier alpha value is -1.47. The van der Waals surface area contributed by atoms with E-state index in [1.807, 2.05) is 11.6 Å². The molecule has 2 rings (SSSR count). The molecule has 2 heterocycles. The van der Waals surface area contributed by atoms with Crippen LogP contribution in [0, 0.1) is 0 Å². The maximum atomic E-state index is 11.1. The van der Waals surface area contributed by atoms with Gasteiger partial charge in [-0.05, 0) is 6.42 Å². The molecule has 0 spiro atoms. The second-order valence-corrected chi connectivity index (χ2v) is 6.21. The minimum absolute atomic E-state index is 0.206. The summed E-state index contributed by atoms with van der Waals surface area (Å²) in [6, 6.07) is 0. The lowest BCUT2D eigenvalue weighted by atomic mass is 10.2. The minimum atomic E-state index is -0.206. The smallest absolute Gasteiger partial charge is 0.305 e. The van der Waals surface area contributed by atoms with Gasteiger partial charge in [-0.15, -0.1) is 22.7 Å². The molecule has 0 amide bonds. The number of thiazole rings is 2. The van der Waals surface area contributed by atoms with Crippen LogP contribution in [0.3, 0.4) is 0 Å². The van der Waals surface area contributed by atoms with Crippen molar-refractivity contribution in [1.82, 2.24) is 9.97 Å². The Labute approximate surface area is 126 Å². The maximum Gasteiger partial charge on any atom is 0.305 e. The number of aryl methyl sites for hydroxylation is 2. The Balaban J connectivity index is 1.81. The molecular formula is C13H17N3O2S2. The molecule has 5 nitrogen and oxygen atoms in total. The second-order valence-electron chi connectivity index (χ2n) is 4.15. The highest BCUT2D eigenvalue weighted by atomic mass is 32.1. The Bertz CT molecular complexity index is 565. The summed E-state index contributed by atoms with van der Waals surface area (Å²) >= 11 is 3.26. The molecule has 0 saturated heterocycles. The second kappa shape index (κ2) is 7.35. The van der Waals surface area contributed by atoms with Crippen molar-refractivity contribution in [2.45, 2.75) is 32.7 Å². The molecule has 1 N–H and O–H groups in total. The quantitative estimate of drug-likeness (QED) is 0.797. The summed E-state index contributed by atoms with van der Waals surface area (Å²) in [6.07, 6.45) is 3.92. The SMILES string of the molecule is CCc1cnc(CNc2nc(CCC(=O)OC)cs2)s1. The van der Waals surface area contributed by atoms with E-state index >= 15 is 0 Å². The van der Waals surface area contributed by atoms with Gasteiger partial charge in [0, 0.05) is 22.9 Å². The van der Waals surface area contributed by atoms with Gasteiger partial charge in [0.15, 0.2) is 5.13 Å². The van der Waals surface area contributed by atoms with E-state index in [9.17, 15) is 4.79 Å². The van der Waals surface area contributed by atoms with Crippen LogP contribution in [0.15, 0.2) is 11.6 Å². The number of methoxy groups -OCH3 is 1. The van der Waals surface area contributed by atoms with E-state index < -0.39 is 0 Å². The molecule has 0 unspecified atom stereocenters. The van der Waals surface area contributed by atoms with Gasteiger partial charge in [0.25, 0.3) is 0 Å². The highest BCUT2D eigenvalue weighted by Crippen LogP contribution is 2.19. The summed E-state index contributed by atoms with van der Waals surface area (Å²) in [7, 11) is 1.40. The summed E-state index contributed by atoms with van der Waals surface area (Å²) in [4.78, 5) is 21.1. The molecule has 20 heavy (non-hydrogen) atoms. The third-order valence-corrected chi connectivity index (χ3v) is 4.70. The first kappa shape index (κ1) is 14.9. The van der Waals surface area contributed by atoms with Gasteiger partial charge in [-0.25, -0.2) is 9.97 Å². The van der Waals surface area contributed by atoms with Crippen molar-refractivity contribution in [3.05, 3.63) is 27.2 Å². The van der Waals surface area contributed by atoms with Gasteiger partial charge in [0.2, 0.25) is 0 Å². The van der Waals surface area contributed by atoms with Gasteiger partial charge in [-0.3, -0.25) is 4.79 Å². The first-order valence-corrected chi connectivity index (χ1v) is 8.09. The average Bonchev–Trinajstić information content (AvgIpc) is 3.11. The highest BCUT2D eigenvalue weighted by molar-refractivity contribution is 7.13. The van der Waals surface area contributed by atoms with Crippen LogP contribution in [0.1, 0.15) is 28.9 Å². The molecule has 7 heteroatoms. The maximum absolute atomic E-state index is 11.1. The van der Waals surface area contributed by atoms with E-state index in [2.05, 4.69) is 26.9 Å². The number of esters is 1. The zero-order chi connectivity index (χ0) is 14.4. The van der Waals surface area contributed by atoms with E-state index in [4.69, 9.17) is 0 Å². The minimum Gasteiger partial charge on any atom is -0.469 e. The molecule has 0 saturated carbocycles. The highest BCUT2D eigenvalue weighted by Gasteiger charge is 2.06. The molecule has 0 aromatic carbocycles. The fraction of sp³-hybridized carbons (Fsp3) is 0.462. The van der Waals surface area contributed by atoms with Gasteiger partial charge >= 0.3 is 5.97 Å². The Morgan fingerprint density at radius 2 is 2.35 bits per heavy atom. The number of anilines is 1. The van der Waals surface area contributed by atoms with Gasteiger partial charge in [-0.2, -0.15) is 0 Å². The molecule has 108 valence electrons. The van der Waals surface area contributed by atoms with Crippen LogP contribution in [-0.2, 0) is 28.9 Å². The fourth-order valence-electron chi connectivity index (χ4n) is 1.58. The zero-order valence-electron chi connectivity index (χ0n) is 11.5. The predicted molar refractivity (Wildman–Crippen MR) is 81.3 cm³/mol. The van der Waals surface area contributed by atoms with Crippen LogP contribution in [0.25, 0.3) is 0 Å². The van der Waals surface area contributed by atoms with Crippen LogP contribution in [0.2, 0.25) is 0 Å². The normalized spacial score (nSPS) is 10.5. The molecular weight excluding hydrogens is 294 g/mol. The van der Waals surface area contributed by atoms with Gasteiger partial charge < -0.3 is 10.1 Å². The van der Waals surface area contributed by atoms with Gasteiger partial charge in [0.05, 0.1) is 25.8 Å². The summed E-state index contributed by atoms with van der Waals surface area (Å²) in [5.41, 5.74) is 0.913. The number of hydrogen-bond donors (Lipinski definition) is 1. The largest absolute Gasteiger partial charge is 0.469 e. The van der Waals surface area contributed by atoms with E-state index in [1.54, 1.807) is 22.7 Å². The number of hydrogen-bond acceptors (Lipinski definition) is 7. The van der Waals surface area contributed by atoms with Crippen molar-refractivity contribution in [2.24, 2.45) is 0 Å². The van der Waals surface area contributed by atoms with Crippen molar-refractivity contribution in [2.75, 3.05) is 12.4 Å². The number of nitrogens with zero attached hydrogens (tertiary/aromatic N) is 2. The summed E-state index contributed by atoms with van der Waals surface area (Å²) in [5.74, 6) is -0.206. The molecule has 0 fully saturated rings. The first-order valence-electron chi connectivity index (χ1n) is 6.40. The lowest BCUT2D eigenvalue weighted by Gasteiger charge is -1.98. The lowest BCUT2D eigenvalue weighted by molar-refractivity contribution is -0.140. The predicted octanol–water partition coefficient (Wildman–Crippen LogP) is 2.88. The molecule has 2 aromatic heterocycles. The number of ether oxygens (including phenoxy) is 1. The Morgan fingerprint density at radius 1 is 1.50 bits per heavy atom. The monoisotopic (exact) mass is 311 g/mol. The van der Waals surface area contributed by atoms with Crippen LogP contribution in [-0.4, -0.2) is 23.0 Å². The van der Waals surface area contributed by atoms with Gasteiger partial charge in [0.1, 0.15) is 5.01 Å². The fourth-order valence-corrected chi connectivity index (χ4v) is 3.13. The number of carbonyl (C=O) groups is 1. The number of nitrogens with one attached hydrogen (secondary N) is 1. The molecule has 0 radical (unpaired) electrons. The van der Waals surface area contributed by atoms with Crippen LogP contribution in [0.5, 0.6) is 0 Å². The third-order valence-electron chi connectivity index (χ3n) is 2.71. The molecule has 0 bridgehead atoms. The number of rotatable bonds is 7. The topological polar surface area (TPSA) is 64.1 Å². The van der Waals surface area contributed by atoms with Crippen molar-refractivity contribution >= 4 is 33.8 Å². The van der Waals surface area contributed by atoms with Crippen molar-refractivity contribution in [1.29, 1.82) is 0 Å². The molecule has 0 aliphatic carbocycles. The van der Waals surface area contributed by atoms with Crippen LogP contribution in [0.4, 0.5) is 5.13 Å². The standard InChI is InChI=1S/C13H17N3O2S2/c1-3-10-6-14-11(20-10)7-15-13-16-9(8-19-13)4-5-12(17)18-2/h6,8H,3-5,7H2,1-2H3,(H,15,16). The average molecular weight is 311 g/mol. The Kier molecular flexibility index (Phi) is 5.49. The molecule has 0 atom stereocenters. The third kappa shape index (κ3) is 4.28. The summed E-state index contributed by atoms with van der Waals surface area (Å²) in [5, 5.41) is 7.14. The molecule has 2 aromatic rings. The van der Waals surface area contributed by atoms with E-state index in [1.165, 1.54) is 12.0 Å². The van der Waals surface area contributed by atoms with Crippen LogP contribution < -0.4 is 5.32 Å². The molecule has 0 aliphatic rings. The van der Waals surface area contributed by atoms with Crippen molar-refractivity contribution < 1.29 is 9.53 Å². The lowest BCUT2D eigenvalue weighted by Crippen LogP contribution is -2.02. The first-order chi connectivity index (χ1) is 9.71. The Morgan fingerprint density at radius 3 is 3.05 bits per heavy atom. The van der Waals surface area contributed by atoms with E-state index in [0.29, 0.717) is 19.4 Å². The van der Waals surface area contributed by atoms with Crippen molar-refractivity contribution in [3.8, 4) is 0 Å². The summed E-state index contributed by atoms with van der Waals surface area (Å²) in [6.45, 7) is 2.81. The van der Waals surface area contributed by atoms with E-state index in [-0.39, 0.29) is 5.97 Å². The zero-order valence-corrected chi connectivity index (χ0v) is 13.1. The van der Waals surface area contributed by atoms with E-state index in [0.717, 1.165) is 22.3 Å². The van der Waals surface area contributed by atoms with Gasteiger partial charge in [-0.1, -0.05) is 6.92 Å². The summed E-state index contributed by atoms with van der Waals surface area (Å²) < 4.78 is 4.61. The van der Waals surface area contributed by atoms with Crippen molar-refractivity contribution in [3.63, 3.8) is 0 Å². The molecule has 0 aliphatic heterocycles. The van der Waals surface area contributed by atoms with Crippen LogP contribution >= 0.6 is 22.7 Å². The number of carbonyl (C=O) groups excluding carboxylic acids is 1.